The summed E-state index contributed by atoms with van der Waals surface area (Å²) in [5.41, 5.74) is 5.16. The predicted molar refractivity (Wildman–Crippen MR) is 91.1 cm³/mol. The Morgan fingerprint density at radius 3 is 2.43 bits per heavy atom. The van der Waals surface area contributed by atoms with Gasteiger partial charge in [0.15, 0.2) is 0 Å². The molecule has 2 heteroatoms. The molecule has 0 N–H and O–H groups in total. The van der Waals surface area contributed by atoms with Crippen molar-refractivity contribution in [3.8, 4) is 16.9 Å². The van der Waals surface area contributed by atoms with Crippen LogP contribution in [0.2, 0.25) is 0 Å². The van der Waals surface area contributed by atoms with Crippen molar-refractivity contribution < 1.29 is 4.74 Å². The standard InChI is InChI=1S/C19H19NO/c1-5-9-17-15(6-2)18(14-10-8-11-20-13-14)12-19(21-4)16(17)7-3/h5-13H,2-3H2,1,4H3/b9-5-. The summed E-state index contributed by atoms with van der Waals surface area (Å²) in [4.78, 5) is 4.20. The third kappa shape index (κ3) is 2.79. The zero-order chi connectivity index (χ0) is 15.2. The second-order valence-electron chi connectivity index (χ2n) is 4.52. The quantitative estimate of drug-likeness (QED) is 0.760. The number of ether oxygens (including phenoxy) is 1. The van der Waals surface area contributed by atoms with Crippen molar-refractivity contribution >= 4 is 18.2 Å². The second-order valence-corrected chi connectivity index (χ2v) is 4.52. The van der Waals surface area contributed by atoms with Gasteiger partial charge in [-0.1, -0.05) is 43.5 Å². The Labute approximate surface area is 126 Å². The number of hydrogen-bond acceptors (Lipinski definition) is 2. The fraction of sp³-hybridized carbons (Fsp3) is 0.105. The highest BCUT2D eigenvalue weighted by molar-refractivity contribution is 5.86. The first-order valence-electron chi connectivity index (χ1n) is 6.79. The van der Waals surface area contributed by atoms with E-state index in [-0.39, 0.29) is 0 Å². The fourth-order valence-electron chi connectivity index (χ4n) is 2.42. The zero-order valence-electron chi connectivity index (χ0n) is 12.5. The average Bonchev–Trinajstić information content (AvgIpc) is 2.54. The topological polar surface area (TPSA) is 22.1 Å². The Bertz CT molecular complexity index is 684. The van der Waals surface area contributed by atoms with Crippen LogP contribution < -0.4 is 4.74 Å². The minimum absolute atomic E-state index is 0.794. The number of methoxy groups -OCH3 is 1. The third-order valence-electron chi connectivity index (χ3n) is 3.35. The normalized spacial score (nSPS) is 10.6. The molecular formula is C19H19NO. The van der Waals surface area contributed by atoms with E-state index in [1.54, 1.807) is 13.3 Å². The lowest BCUT2D eigenvalue weighted by molar-refractivity contribution is 0.414. The van der Waals surface area contributed by atoms with E-state index in [0.29, 0.717) is 0 Å². The van der Waals surface area contributed by atoms with Crippen LogP contribution in [0.25, 0.3) is 29.4 Å². The molecule has 21 heavy (non-hydrogen) atoms. The van der Waals surface area contributed by atoms with Gasteiger partial charge in [-0.05, 0) is 35.7 Å². The van der Waals surface area contributed by atoms with Gasteiger partial charge in [0.25, 0.3) is 0 Å². The molecule has 2 nitrogen and oxygen atoms in total. The van der Waals surface area contributed by atoms with Crippen LogP contribution >= 0.6 is 0 Å². The molecule has 0 bridgehead atoms. The number of pyridine rings is 1. The van der Waals surface area contributed by atoms with Gasteiger partial charge >= 0.3 is 0 Å². The number of aromatic nitrogens is 1. The van der Waals surface area contributed by atoms with Gasteiger partial charge < -0.3 is 4.74 Å². The van der Waals surface area contributed by atoms with Gasteiger partial charge in [-0.2, -0.15) is 0 Å². The first-order chi connectivity index (χ1) is 10.3. The Morgan fingerprint density at radius 2 is 1.90 bits per heavy atom. The minimum atomic E-state index is 0.794. The molecule has 106 valence electrons. The van der Waals surface area contributed by atoms with Crippen molar-refractivity contribution in [2.24, 2.45) is 0 Å². The highest BCUT2D eigenvalue weighted by Crippen LogP contribution is 2.36. The number of hydrogen-bond donors (Lipinski definition) is 0. The van der Waals surface area contributed by atoms with Gasteiger partial charge in [-0.3, -0.25) is 4.98 Å². The highest BCUT2D eigenvalue weighted by Gasteiger charge is 2.14. The van der Waals surface area contributed by atoms with Crippen molar-refractivity contribution in [1.82, 2.24) is 4.98 Å². The van der Waals surface area contributed by atoms with Crippen LogP contribution in [-0.4, -0.2) is 12.1 Å². The molecule has 0 aliphatic heterocycles. The zero-order valence-corrected chi connectivity index (χ0v) is 12.5. The van der Waals surface area contributed by atoms with Gasteiger partial charge in [0.1, 0.15) is 5.75 Å². The summed E-state index contributed by atoms with van der Waals surface area (Å²) < 4.78 is 5.53. The molecule has 0 saturated carbocycles. The SMILES string of the molecule is C=Cc1c(OC)cc(-c2cccnc2)c(C=C)c1/C=C\C. The summed E-state index contributed by atoms with van der Waals surface area (Å²) in [6.45, 7) is 9.85. The highest BCUT2D eigenvalue weighted by atomic mass is 16.5. The lowest BCUT2D eigenvalue weighted by Crippen LogP contribution is -1.97. The van der Waals surface area contributed by atoms with Crippen LogP contribution in [0.4, 0.5) is 0 Å². The molecule has 0 aliphatic carbocycles. The molecule has 1 heterocycles. The summed E-state index contributed by atoms with van der Waals surface area (Å²) in [6.07, 6.45) is 11.3. The number of nitrogens with zero attached hydrogens (tertiary/aromatic N) is 1. The van der Waals surface area contributed by atoms with Gasteiger partial charge in [0, 0.05) is 23.5 Å². The average molecular weight is 277 g/mol. The fourth-order valence-corrected chi connectivity index (χ4v) is 2.42. The maximum Gasteiger partial charge on any atom is 0.127 e. The minimum Gasteiger partial charge on any atom is -0.496 e. The molecule has 2 rings (SSSR count). The van der Waals surface area contributed by atoms with Gasteiger partial charge in [-0.25, -0.2) is 0 Å². The molecule has 2 aromatic rings. The van der Waals surface area contributed by atoms with E-state index in [4.69, 9.17) is 4.74 Å². The van der Waals surface area contributed by atoms with Crippen molar-refractivity contribution in [1.29, 1.82) is 0 Å². The van der Waals surface area contributed by atoms with Crippen molar-refractivity contribution in [3.63, 3.8) is 0 Å². The molecule has 1 aromatic carbocycles. The summed E-state index contributed by atoms with van der Waals surface area (Å²) in [5.74, 6) is 0.794. The van der Waals surface area contributed by atoms with Gasteiger partial charge in [0.2, 0.25) is 0 Å². The molecule has 0 radical (unpaired) electrons. The molecule has 1 aromatic heterocycles. The van der Waals surface area contributed by atoms with Crippen LogP contribution in [-0.2, 0) is 0 Å². The van der Waals surface area contributed by atoms with Crippen LogP contribution in [0.5, 0.6) is 5.75 Å². The first-order valence-corrected chi connectivity index (χ1v) is 6.79. The Kier molecular flexibility index (Phi) is 4.72. The van der Waals surface area contributed by atoms with Gasteiger partial charge in [-0.15, -0.1) is 0 Å². The van der Waals surface area contributed by atoms with E-state index in [9.17, 15) is 0 Å². The molecular weight excluding hydrogens is 258 g/mol. The molecule has 0 amide bonds. The molecule has 0 unspecified atom stereocenters. The Morgan fingerprint density at radius 1 is 1.14 bits per heavy atom. The van der Waals surface area contributed by atoms with E-state index in [0.717, 1.165) is 33.6 Å². The molecule has 0 atom stereocenters. The smallest absolute Gasteiger partial charge is 0.127 e. The summed E-state index contributed by atoms with van der Waals surface area (Å²) in [5, 5.41) is 0. The monoisotopic (exact) mass is 277 g/mol. The molecule has 0 saturated heterocycles. The second kappa shape index (κ2) is 6.71. The van der Waals surface area contributed by atoms with Gasteiger partial charge in [0.05, 0.1) is 7.11 Å². The van der Waals surface area contributed by atoms with E-state index in [2.05, 4.69) is 24.2 Å². The predicted octanol–water partition coefficient (Wildman–Crippen LogP) is 5.08. The van der Waals surface area contributed by atoms with Crippen molar-refractivity contribution in [2.75, 3.05) is 7.11 Å². The van der Waals surface area contributed by atoms with Crippen LogP contribution in [0.1, 0.15) is 23.6 Å². The lowest BCUT2D eigenvalue weighted by atomic mass is 9.91. The van der Waals surface area contributed by atoms with Crippen LogP contribution in [0.3, 0.4) is 0 Å². The maximum atomic E-state index is 5.53. The molecule has 0 aliphatic rings. The molecule has 0 spiro atoms. The summed E-state index contributed by atoms with van der Waals surface area (Å²) in [6, 6.07) is 5.96. The lowest BCUT2D eigenvalue weighted by Gasteiger charge is -2.16. The van der Waals surface area contributed by atoms with Crippen molar-refractivity contribution in [2.45, 2.75) is 6.92 Å². The third-order valence-corrected chi connectivity index (χ3v) is 3.35. The summed E-state index contributed by atoms with van der Waals surface area (Å²) in [7, 11) is 1.67. The number of allylic oxidation sites excluding steroid dienone is 1. The van der Waals surface area contributed by atoms with Crippen LogP contribution in [0.15, 0.2) is 49.8 Å². The van der Waals surface area contributed by atoms with Crippen molar-refractivity contribution in [3.05, 3.63) is 66.5 Å². The number of benzene rings is 1. The molecule has 0 fully saturated rings. The van der Waals surface area contributed by atoms with E-state index < -0.39 is 0 Å². The maximum absolute atomic E-state index is 5.53. The van der Waals surface area contributed by atoms with Crippen LogP contribution in [0, 0.1) is 0 Å². The largest absolute Gasteiger partial charge is 0.496 e. The Hall–Kier alpha value is -2.61. The Balaban J connectivity index is 2.85. The van der Waals surface area contributed by atoms with E-state index in [1.807, 2.05) is 49.5 Å². The summed E-state index contributed by atoms with van der Waals surface area (Å²) >= 11 is 0. The van der Waals surface area contributed by atoms with E-state index in [1.165, 1.54) is 0 Å². The first kappa shape index (κ1) is 14.8. The number of rotatable bonds is 5. The van der Waals surface area contributed by atoms with E-state index >= 15 is 0 Å².